The highest BCUT2D eigenvalue weighted by molar-refractivity contribution is 9.10. The van der Waals surface area contributed by atoms with Gasteiger partial charge in [-0.3, -0.25) is 0 Å². The molecule has 88 valence electrons. The van der Waals surface area contributed by atoms with Gasteiger partial charge in [0.05, 0.1) is 16.8 Å². The first-order valence-corrected chi connectivity index (χ1v) is 5.36. The molecule has 0 aliphatic carbocycles. The van der Waals surface area contributed by atoms with E-state index in [-0.39, 0.29) is 24.7 Å². The van der Waals surface area contributed by atoms with Crippen molar-refractivity contribution in [3.05, 3.63) is 22.4 Å². The van der Waals surface area contributed by atoms with E-state index in [0.717, 1.165) is 6.07 Å². The van der Waals surface area contributed by atoms with Gasteiger partial charge in [0.25, 0.3) is 0 Å². The van der Waals surface area contributed by atoms with Crippen LogP contribution in [0.3, 0.4) is 0 Å². The average molecular weight is 292 g/mol. The second kappa shape index (κ2) is 5.69. The molecule has 0 saturated carbocycles. The number of hydrogen-bond donors (Lipinski definition) is 1. The van der Waals surface area contributed by atoms with E-state index in [9.17, 15) is 9.18 Å². The molecule has 0 saturated heterocycles. The third-order valence-corrected chi connectivity index (χ3v) is 2.27. The van der Waals surface area contributed by atoms with Crippen LogP contribution >= 0.6 is 15.9 Å². The van der Waals surface area contributed by atoms with Gasteiger partial charge in [-0.15, -0.1) is 0 Å². The molecule has 0 heterocycles. The molecule has 0 amide bonds. The molecule has 0 unspecified atom stereocenters. The van der Waals surface area contributed by atoms with Gasteiger partial charge in [0.1, 0.15) is 5.82 Å². The summed E-state index contributed by atoms with van der Waals surface area (Å²) in [6, 6.07) is 2.32. The van der Waals surface area contributed by atoms with Crippen LogP contribution < -0.4 is 10.5 Å². The lowest BCUT2D eigenvalue weighted by Gasteiger charge is -2.10. The van der Waals surface area contributed by atoms with Crippen molar-refractivity contribution >= 4 is 27.6 Å². The van der Waals surface area contributed by atoms with E-state index >= 15 is 0 Å². The summed E-state index contributed by atoms with van der Waals surface area (Å²) >= 11 is 3.09. The zero-order valence-electron chi connectivity index (χ0n) is 8.63. The molecule has 4 nitrogen and oxygen atoms in total. The first kappa shape index (κ1) is 12.8. The largest absolute Gasteiger partial charge is 0.479 e. The molecule has 0 aliphatic rings. The zero-order valence-corrected chi connectivity index (χ0v) is 10.2. The molecular formula is C10H11BrFNO3. The Bertz CT molecular complexity index is 375. The van der Waals surface area contributed by atoms with Gasteiger partial charge in [-0.05, 0) is 28.9 Å². The Morgan fingerprint density at radius 3 is 2.81 bits per heavy atom. The Balaban J connectivity index is 2.70. The van der Waals surface area contributed by atoms with Gasteiger partial charge >= 0.3 is 5.97 Å². The minimum atomic E-state index is -0.502. The van der Waals surface area contributed by atoms with Gasteiger partial charge in [-0.1, -0.05) is 0 Å². The molecule has 0 radical (unpaired) electrons. The topological polar surface area (TPSA) is 61.5 Å². The molecule has 0 aliphatic heterocycles. The summed E-state index contributed by atoms with van der Waals surface area (Å²) in [6.07, 6.45) is 0. The lowest BCUT2D eigenvalue weighted by atomic mass is 10.3. The maximum atomic E-state index is 12.9. The molecule has 2 N–H and O–H groups in total. The fourth-order valence-corrected chi connectivity index (χ4v) is 1.63. The summed E-state index contributed by atoms with van der Waals surface area (Å²) in [7, 11) is 0. The van der Waals surface area contributed by atoms with E-state index in [1.54, 1.807) is 6.92 Å². The maximum Gasteiger partial charge on any atom is 0.344 e. The number of hydrogen-bond acceptors (Lipinski definition) is 4. The van der Waals surface area contributed by atoms with Gasteiger partial charge in [-0.2, -0.15) is 0 Å². The smallest absolute Gasteiger partial charge is 0.344 e. The Kier molecular flexibility index (Phi) is 4.54. The highest BCUT2D eigenvalue weighted by atomic mass is 79.9. The van der Waals surface area contributed by atoms with E-state index in [0.29, 0.717) is 4.47 Å². The van der Waals surface area contributed by atoms with Crippen LogP contribution in [0.1, 0.15) is 6.92 Å². The van der Waals surface area contributed by atoms with Crippen LogP contribution in [0.25, 0.3) is 0 Å². The number of esters is 1. The monoisotopic (exact) mass is 291 g/mol. The molecule has 6 heteroatoms. The maximum absolute atomic E-state index is 12.9. The van der Waals surface area contributed by atoms with E-state index in [2.05, 4.69) is 20.7 Å². The van der Waals surface area contributed by atoms with Crippen LogP contribution in [-0.2, 0) is 9.53 Å². The zero-order chi connectivity index (χ0) is 12.1. The van der Waals surface area contributed by atoms with Gasteiger partial charge in [0, 0.05) is 6.07 Å². The number of ether oxygens (including phenoxy) is 2. The van der Waals surface area contributed by atoms with E-state index < -0.39 is 11.8 Å². The first-order valence-electron chi connectivity index (χ1n) is 4.57. The van der Waals surface area contributed by atoms with Gasteiger partial charge in [0.15, 0.2) is 12.4 Å². The number of carbonyl (C=O) groups excluding carboxylic acids is 1. The Morgan fingerprint density at radius 1 is 1.56 bits per heavy atom. The molecule has 1 aromatic rings. The predicted octanol–water partition coefficient (Wildman–Crippen LogP) is 2.11. The second-order valence-corrected chi connectivity index (χ2v) is 3.75. The van der Waals surface area contributed by atoms with E-state index in [1.807, 2.05) is 0 Å². The number of rotatable bonds is 4. The lowest BCUT2D eigenvalue weighted by Crippen LogP contribution is -2.15. The number of carbonyl (C=O) groups is 1. The first-order chi connectivity index (χ1) is 7.54. The highest BCUT2D eigenvalue weighted by Crippen LogP contribution is 2.32. The van der Waals surface area contributed by atoms with E-state index in [1.165, 1.54) is 6.07 Å². The third-order valence-electron chi connectivity index (χ3n) is 1.68. The SMILES string of the molecule is CCOC(=O)COc1c(N)cc(F)cc1Br. The number of nitrogens with two attached hydrogens (primary N) is 1. The average Bonchev–Trinajstić information content (AvgIpc) is 2.16. The fraction of sp³-hybridized carbons (Fsp3) is 0.300. The van der Waals surface area contributed by atoms with Crippen LogP contribution in [-0.4, -0.2) is 19.2 Å². The summed E-state index contributed by atoms with van der Waals surface area (Å²) in [5.41, 5.74) is 5.66. The third kappa shape index (κ3) is 3.37. The molecular weight excluding hydrogens is 281 g/mol. The van der Waals surface area contributed by atoms with E-state index in [4.69, 9.17) is 10.5 Å². The second-order valence-electron chi connectivity index (χ2n) is 2.90. The van der Waals surface area contributed by atoms with Crippen molar-refractivity contribution < 1.29 is 18.7 Å². The summed E-state index contributed by atoms with van der Waals surface area (Å²) < 4.78 is 23.0. The number of halogens is 2. The molecule has 0 spiro atoms. The minimum Gasteiger partial charge on any atom is -0.479 e. The van der Waals surface area contributed by atoms with Crippen LogP contribution in [0.2, 0.25) is 0 Å². The van der Waals surface area contributed by atoms with Gasteiger partial charge in [0.2, 0.25) is 0 Å². The summed E-state index contributed by atoms with van der Waals surface area (Å²) in [6.45, 7) is 1.71. The van der Waals surface area contributed by atoms with Gasteiger partial charge in [-0.25, -0.2) is 9.18 Å². The van der Waals surface area contributed by atoms with Crippen molar-refractivity contribution in [2.24, 2.45) is 0 Å². The highest BCUT2D eigenvalue weighted by Gasteiger charge is 2.11. The van der Waals surface area contributed by atoms with Crippen molar-refractivity contribution in [2.45, 2.75) is 6.92 Å². The predicted molar refractivity (Wildman–Crippen MR) is 60.6 cm³/mol. The number of benzene rings is 1. The molecule has 0 fully saturated rings. The number of anilines is 1. The van der Waals surface area contributed by atoms with Gasteiger partial charge < -0.3 is 15.2 Å². The molecule has 0 bridgehead atoms. The van der Waals surface area contributed by atoms with Crippen molar-refractivity contribution in [2.75, 3.05) is 18.9 Å². The lowest BCUT2D eigenvalue weighted by molar-refractivity contribution is -0.145. The van der Waals surface area contributed by atoms with Crippen LogP contribution in [0.5, 0.6) is 5.75 Å². The van der Waals surface area contributed by atoms with Crippen molar-refractivity contribution in [3.8, 4) is 5.75 Å². The number of nitrogen functional groups attached to an aromatic ring is 1. The van der Waals surface area contributed by atoms with Crippen LogP contribution in [0.4, 0.5) is 10.1 Å². The molecule has 16 heavy (non-hydrogen) atoms. The Labute approximate surface area is 101 Å². The van der Waals surface area contributed by atoms with Crippen molar-refractivity contribution in [3.63, 3.8) is 0 Å². The van der Waals surface area contributed by atoms with Crippen LogP contribution in [0.15, 0.2) is 16.6 Å². The molecule has 1 rings (SSSR count). The fourth-order valence-electron chi connectivity index (χ4n) is 1.07. The molecule has 1 aromatic carbocycles. The Morgan fingerprint density at radius 2 is 2.25 bits per heavy atom. The van der Waals surface area contributed by atoms with Crippen LogP contribution in [0, 0.1) is 5.82 Å². The normalized spacial score (nSPS) is 9.94. The summed E-state index contributed by atoms with van der Waals surface area (Å²) in [5, 5.41) is 0. The Hall–Kier alpha value is -1.30. The standard InChI is InChI=1S/C10H11BrFNO3/c1-2-15-9(14)5-16-10-7(11)3-6(12)4-8(10)13/h3-4H,2,5,13H2,1H3. The molecule has 0 atom stereocenters. The van der Waals surface area contributed by atoms with Crippen molar-refractivity contribution in [1.82, 2.24) is 0 Å². The summed E-state index contributed by atoms with van der Waals surface area (Å²) in [5.74, 6) is -0.750. The molecule has 0 aromatic heterocycles. The summed E-state index contributed by atoms with van der Waals surface area (Å²) in [4.78, 5) is 11.0. The quantitative estimate of drug-likeness (QED) is 0.682. The minimum absolute atomic E-state index is 0.121. The van der Waals surface area contributed by atoms with Crippen molar-refractivity contribution in [1.29, 1.82) is 0 Å².